The molecule has 0 aromatic heterocycles. The van der Waals surface area contributed by atoms with Crippen LogP contribution in [0.3, 0.4) is 0 Å². The highest BCUT2D eigenvalue weighted by molar-refractivity contribution is 9.10. The van der Waals surface area contributed by atoms with Crippen LogP contribution in [0, 0.1) is 13.8 Å². The largest absolute Gasteiger partial charge is 0.381 e. The van der Waals surface area contributed by atoms with E-state index >= 15 is 0 Å². The molecule has 2 nitrogen and oxygen atoms in total. The lowest BCUT2D eigenvalue weighted by Crippen LogP contribution is -2.09. The van der Waals surface area contributed by atoms with E-state index in [1.54, 1.807) is 0 Å². The van der Waals surface area contributed by atoms with Gasteiger partial charge in [-0.3, -0.25) is 0 Å². The fourth-order valence-electron chi connectivity index (χ4n) is 2.07. The number of hydrogen-bond donors (Lipinski definition) is 1. The van der Waals surface area contributed by atoms with Crippen molar-refractivity contribution in [3.8, 4) is 0 Å². The number of rotatable bonds is 4. The third-order valence-corrected chi connectivity index (χ3v) is 4.30. The van der Waals surface area contributed by atoms with Gasteiger partial charge in [0.2, 0.25) is 0 Å². The summed E-state index contributed by atoms with van der Waals surface area (Å²) in [5, 5.41) is 3.50. The molecule has 2 aromatic rings. The average molecular weight is 333 g/mol. The molecule has 0 radical (unpaired) electrons. The lowest BCUT2D eigenvalue weighted by molar-refractivity contribution is 1.11. The molecule has 106 valence electrons. The molecule has 3 heteroatoms. The van der Waals surface area contributed by atoms with Crippen LogP contribution in [0.5, 0.6) is 0 Å². The molecule has 0 saturated carbocycles. The van der Waals surface area contributed by atoms with E-state index in [9.17, 15) is 0 Å². The minimum absolute atomic E-state index is 0.834. The van der Waals surface area contributed by atoms with Crippen LogP contribution in [0.2, 0.25) is 0 Å². The zero-order valence-corrected chi connectivity index (χ0v) is 14.1. The van der Waals surface area contributed by atoms with E-state index in [0.29, 0.717) is 0 Å². The van der Waals surface area contributed by atoms with E-state index in [2.05, 4.69) is 90.5 Å². The zero-order valence-electron chi connectivity index (χ0n) is 12.5. The number of nitrogens with one attached hydrogen (secondary N) is 1. The highest BCUT2D eigenvalue weighted by atomic mass is 79.9. The highest BCUT2D eigenvalue weighted by Crippen LogP contribution is 2.23. The van der Waals surface area contributed by atoms with Gasteiger partial charge in [0.15, 0.2) is 0 Å². The van der Waals surface area contributed by atoms with Crippen LogP contribution < -0.4 is 10.2 Å². The molecule has 0 amide bonds. The highest BCUT2D eigenvalue weighted by Gasteiger charge is 2.02. The van der Waals surface area contributed by atoms with Gasteiger partial charge in [0.1, 0.15) is 0 Å². The first-order valence-corrected chi connectivity index (χ1v) is 7.53. The smallest absolute Gasteiger partial charge is 0.0401 e. The Bertz CT molecular complexity index is 606. The van der Waals surface area contributed by atoms with E-state index < -0.39 is 0 Å². The van der Waals surface area contributed by atoms with Gasteiger partial charge in [-0.1, -0.05) is 28.1 Å². The number of hydrogen-bond acceptors (Lipinski definition) is 2. The Kier molecular flexibility index (Phi) is 4.71. The minimum atomic E-state index is 0.834. The SMILES string of the molecule is Cc1ccc(CNc2ccc(N(C)C)cc2C)cc1Br. The van der Waals surface area contributed by atoms with Crippen LogP contribution in [0.4, 0.5) is 11.4 Å². The summed E-state index contributed by atoms with van der Waals surface area (Å²) < 4.78 is 1.16. The summed E-state index contributed by atoms with van der Waals surface area (Å²) in [6.45, 7) is 5.08. The van der Waals surface area contributed by atoms with Gasteiger partial charge in [0, 0.05) is 36.5 Å². The van der Waals surface area contributed by atoms with Crippen molar-refractivity contribution in [1.29, 1.82) is 0 Å². The van der Waals surface area contributed by atoms with Crippen LogP contribution in [0.1, 0.15) is 16.7 Å². The first-order valence-electron chi connectivity index (χ1n) is 6.74. The molecule has 0 saturated heterocycles. The second-order valence-electron chi connectivity index (χ2n) is 5.33. The molecule has 0 spiro atoms. The zero-order chi connectivity index (χ0) is 14.7. The summed E-state index contributed by atoms with van der Waals surface area (Å²) in [7, 11) is 4.12. The lowest BCUT2D eigenvalue weighted by Gasteiger charge is -2.16. The third-order valence-electron chi connectivity index (χ3n) is 3.45. The molecular formula is C17H21BrN2. The molecule has 20 heavy (non-hydrogen) atoms. The van der Waals surface area contributed by atoms with Crippen molar-refractivity contribution in [2.75, 3.05) is 24.3 Å². The molecular weight excluding hydrogens is 312 g/mol. The second-order valence-corrected chi connectivity index (χ2v) is 6.19. The summed E-state index contributed by atoms with van der Waals surface area (Å²) in [6, 6.07) is 13.0. The van der Waals surface area contributed by atoms with Gasteiger partial charge in [-0.15, -0.1) is 0 Å². The molecule has 1 N–H and O–H groups in total. The fourth-order valence-corrected chi connectivity index (χ4v) is 2.49. The maximum atomic E-state index is 3.58. The van der Waals surface area contributed by atoms with Gasteiger partial charge >= 0.3 is 0 Å². The first-order chi connectivity index (χ1) is 9.47. The number of benzene rings is 2. The van der Waals surface area contributed by atoms with E-state index in [1.807, 2.05) is 0 Å². The maximum Gasteiger partial charge on any atom is 0.0401 e. The Morgan fingerprint density at radius 1 is 1.00 bits per heavy atom. The van der Waals surface area contributed by atoms with Gasteiger partial charge in [0.25, 0.3) is 0 Å². The number of anilines is 2. The van der Waals surface area contributed by atoms with Crippen LogP contribution >= 0.6 is 15.9 Å². The van der Waals surface area contributed by atoms with Crippen LogP contribution in [-0.2, 0) is 6.54 Å². The summed E-state index contributed by atoms with van der Waals surface area (Å²) in [6.07, 6.45) is 0. The van der Waals surface area contributed by atoms with Crippen molar-refractivity contribution in [1.82, 2.24) is 0 Å². The molecule has 0 aliphatic heterocycles. The number of nitrogens with zero attached hydrogens (tertiary/aromatic N) is 1. The van der Waals surface area contributed by atoms with Crippen LogP contribution in [0.15, 0.2) is 40.9 Å². The first kappa shape index (κ1) is 14.9. The summed E-state index contributed by atoms with van der Waals surface area (Å²) >= 11 is 3.58. The molecule has 2 aromatic carbocycles. The molecule has 0 unspecified atom stereocenters. The predicted molar refractivity (Wildman–Crippen MR) is 91.7 cm³/mol. The Morgan fingerprint density at radius 2 is 1.75 bits per heavy atom. The molecule has 0 fully saturated rings. The van der Waals surface area contributed by atoms with E-state index in [1.165, 1.54) is 28.1 Å². The summed E-state index contributed by atoms with van der Waals surface area (Å²) in [4.78, 5) is 2.12. The third kappa shape index (κ3) is 3.54. The van der Waals surface area contributed by atoms with Gasteiger partial charge < -0.3 is 10.2 Å². The summed E-state index contributed by atoms with van der Waals surface area (Å²) in [5.74, 6) is 0. The topological polar surface area (TPSA) is 15.3 Å². The van der Waals surface area contributed by atoms with Gasteiger partial charge in [-0.25, -0.2) is 0 Å². The quantitative estimate of drug-likeness (QED) is 0.869. The summed E-state index contributed by atoms with van der Waals surface area (Å²) in [5.41, 5.74) is 6.22. The van der Waals surface area contributed by atoms with Crippen molar-refractivity contribution in [2.24, 2.45) is 0 Å². The minimum Gasteiger partial charge on any atom is -0.381 e. The van der Waals surface area contributed by atoms with Crippen molar-refractivity contribution in [2.45, 2.75) is 20.4 Å². The van der Waals surface area contributed by atoms with Gasteiger partial charge in [-0.05, 0) is 54.8 Å². The molecule has 0 atom stereocenters. The molecule has 0 aliphatic rings. The van der Waals surface area contributed by atoms with Crippen molar-refractivity contribution in [3.05, 3.63) is 57.6 Å². The lowest BCUT2D eigenvalue weighted by atomic mass is 10.1. The standard InChI is InChI=1S/C17H21BrN2/c1-12-5-6-14(10-16(12)18)11-19-17-8-7-15(20(3)4)9-13(17)2/h5-10,19H,11H2,1-4H3. The van der Waals surface area contributed by atoms with E-state index in [4.69, 9.17) is 0 Å². The second kappa shape index (κ2) is 6.31. The Hall–Kier alpha value is -1.48. The van der Waals surface area contributed by atoms with E-state index in [-0.39, 0.29) is 0 Å². The number of halogens is 1. The average Bonchev–Trinajstić information content (AvgIpc) is 2.41. The normalized spacial score (nSPS) is 10.4. The molecule has 2 rings (SSSR count). The maximum absolute atomic E-state index is 3.58. The Labute approximate surface area is 129 Å². The van der Waals surface area contributed by atoms with Gasteiger partial charge in [-0.2, -0.15) is 0 Å². The van der Waals surface area contributed by atoms with Crippen molar-refractivity contribution < 1.29 is 0 Å². The van der Waals surface area contributed by atoms with E-state index in [0.717, 1.165) is 11.0 Å². The Balaban J connectivity index is 2.09. The van der Waals surface area contributed by atoms with Crippen molar-refractivity contribution in [3.63, 3.8) is 0 Å². The van der Waals surface area contributed by atoms with Crippen LogP contribution in [-0.4, -0.2) is 14.1 Å². The van der Waals surface area contributed by atoms with Crippen LogP contribution in [0.25, 0.3) is 0 Å². The number of aryl methyl sites for hydroxylation is 2. The van der Waals surface area contributed by atoms with Gasteiger partial charge in [0.05, 0.1) is 0 Å². The van der Waals surface area contributed by atoms with Crippen molar-refractivity contribution >= 4 is 27.3 Å². The molecule has 0 heterocycles. The monoisotopic (exact) mass is 332 g/mol. The predicted octanol–water partition coefficient (Wildman–Crippen LogP) is 4.74. The molecule has 0 aliphatic carbocycles. The Morgan fingerprint density at radius 3 is 2.35 bits per heavy atom. The molecule has 0 bridgehead atoms. The fraction of sp³-hybridized carbons (Fsp3) is 0.294.